The smallest absolute Gasteiger partial charge is 0.255 e. The van der Waals surface area contributed by atoms with Crippen molar-refractivity contribution in [3.05, 3.63) is 190 Å². The lowest BCUT2D eigenvalue weighted by molar-refractivity contribution is -0.123. The number of halogens is 2. The summed E-state index contributed by atoms with van der Waals surface area (Å²) >= 11 is 5.82. The van der Waals surface area contributed by atoms with Crippen LogP contribution < -0.4 is 16.1 Å². The molecule has 6 N–H and O–H groups in total. The van der Waals surface area contributed by atoms with E-state index in [2.05, 4.69) is 20.6 Å². The number of para-hydroxylation sites is 1. The fourth-order valence-corrected chi connectivity index (χ4v) is 6.46. The highest BCUT2D eigenvalue weighted by Gasteiger charge is 2.21. The SMILES string of the molecule is CC(C)(C)C(=O)Nc1cccc(C(=O)Nc2ccc(Cl)cc2)c1.O=c1c(-c2ccc(O)cc2)coc2cc(O)cc(O)c12.Oc1c(F)cccc1C=Nc1ccc2oc(-c3ccccc3)nc2c1. The van der Waals surface area contributed by atoms with Crippen molar-refractivity contribution in [1.29, 1.82) is 0 Å². The molecule has 342 valence electrons. The molecule has 0 spiro atoms. The number of hydrogen-bond acceptors (Lipinski definition) is 11. The van der Waals surface area contributed by atoms with Crippen LogP contribution in [0.1, 0.15) is 36.7 Å². The summed E-state index contributed by atoms with van der Waals surface area (Å²) in [6, 6.07) is 41.4. The molecule has 0 aliphatic rings. The van der Waals surface area contributed by atoms with E-state index >= 15 is 0 Å². The van der Waals surface area contributed by atoms with Crippen molar-refractivity contribution in [2.75, 3.05) is 10.6 Å². The van der Waals surface area contributed by atoms with Crippen LogP contribution in [0.2, 0.25) is 5.02 Å². The van der Waals surface area contributed by atoms with E-state index in [1.165, 1.54) is 42.8 Å². The third-order valence-corrected chi connectivity index (χ3v) is 10.2. The lowest BCUT2D eigenvalue weighted by Crippen LogP contribution is -2.27. The maximum Gasteiger partial charge on any atom is 0.255 e. The fraction of sp³-hybridized carbons (Fsp3) is 0.0755. The van der Waals surface area contributed by atoms with Crippen molar-refractivity contribution in [2.45, 2.75) is 20.8 Å². The zero-order valence-electron chi connectivity index (χ0n) is 36.6. The van der Waals surface area contributed by atoms with Crippen molar-refractivity contribution in [3.8, 4) is 45.6 Å². The standard InChI is InChI=1S/C20H13FN2O2.C18H19ClN2O2.C15H10O5/c21-16-8-4-7-14(19(16)24)12-22-15-9-10-18-17(11-15)23-20(25-18)13-5-2-1-3-6-13;1-18(2,3)17(23)21-15-6-4-5-12(11-15)16(22)20-14-9-7-13(19)8-10-14;16-9-3-1-8(2-4-9)11-7-20-13-6-10(17)5-12(18)14(13)15(11)19/h1-12,24H;4-11H,1-3H3,(H,20,22)(H,21,23);1-7,16-18H. The Morgan fingerprint density at radius 3 is 2.16 bits per heavy atom. The second kappa shape index (κ2) is 20.6. The summed E-state index contributed by atoms with van der Waals surface area (Å²) in [5.74, 6) is -1.34. The Morgan fingerprint density at radius 2 is 1.44 bits per heavy atom. The van der Waals surface area contributed by atoms with Gasteiger partial charge >= 0.3 is 0 Å². The van der Waals surface area contributed by atoms with Crippen LogP contribution in [-0.2, 0) is 4.79 Å². The van der Waals surface area contributed by atoms with Gasteiger partial charge in [-0.25, -0.2) is 9.37 Å². The predicted molar refractivity (Wildman–Crippen MR) is 262 cm³/mol. The van der Waals surface area contributed by atoms with Gasteiger partial charge in [-0.3, -0.25) is 19.4 Å². The molecule has 7 aromatic carbocycles. The van der Waals surface area contributed by atoms with Crippen LogP contribution in [0.15, 0.2) is 177 Å². The van der Waals surface area contributed by atoms with Crippen LogP contribution in [0.25, 0.3) is 44.7 Å². The van der Waals surface area contributed by atoms with Gasteiger partial charge in [0, 0.05) is 56.9 Å². The monoisotopic (exact) mass is 932 g/mol. The quantitative estimate of drug-likeness (QED) is 0.0833. The average Bonchev–Trinajstić information content (AvgIpc) is 3.75. The minimum Gasteiger partial charge on any atom is -0.508 e. The highest BCUT2D eigenvalue weighted by molar-refractivity contribution is 6.30. The maximum absolute atomic E-state index is 13.3. The number of phenolic OH excluding ortho intramolecular Hbond substituents is 4. The van der Waals surface area contributed by atoms with E-state index in [0.29, 0.717) is 55.8 Å². The Bertz CT molecular complexity index is 3350. The molecule has 0 saturated heterocycles. The number of oxazole rings is 1. The van der Waals surface area contributed by atoms with Crippen LogP contribution in [0.4, 0.5) is 21.5 Å². The van der Waals surface area contributed by atoms with Gasteiger partial charge < -0.3 is 39.9 Å². The Labute approximate surface area is 393 Å². The van der Waals surface area contributed by atoms with Crippen molar-refractivity contribution >= 4 is 68.8 Å². The Kier molecular flexibility index (Phi) is 14.3. The van der Waals surface area contributed by atoms with Crippen molar-refractivity contribution < 1.29 is 43.2 Å². The van der Waals surface area contributed by atoms with Crippen molar-refractivity contribution in [1.82, 2.24) is 4.98 Å². The first-order valence-electron chi connectivity index (χ1n) is 20.8. The van der Waals surface area contributed by atoms with Crippen LogP contribution in [0.3, 0.4) is 0 Å². The van der Waals surface area contributed by atoms with Gasteiger partial charge in [0.1, 0.15) is 40.0 Å². The summed E-state index contributed by atoms with van der Waals surface area (Å²) in [5, 5.41) is 44.3. The number of carbonyl (C=O) groups is 2. The molecule has 2 aromatic heterocycles. The van der Waals surface area contributed by atoms with Gasteiger partial charge in [-0.2, -0.15) is 0 Å². The third kappa shape index (κ3) is 11.7. The highest BCUT2D eigenvalue weighted by Crippen LogP contribution is 2.31. The zero-order chi connectivity index (χ0) is 48.5. The lowest BCUT2D eigenvalue weighted by atomic mass is 9.95. The summed E-state index contributed by atoms with van der Waals surface area (Å²) < 4.78 is 24.4. The maximum atomic E-state index is 13.3. The van der Waals surface area contributed by atoms with Crippen LogP contribution in [-0.4, -0.2) is 43.4 Å². The van der Waals surface area contributed by atoms with Crippen LogP contribution in [0, 0.1) is 11.2 Å². The second-order valence-electron chi connectivity index (χ2n) is 16.1. The first-order valence-corrected chi connectivity index (χ1v) is 21.1. The predicted octanol–water partition coefficient (Wildman–Crippen LogP) is 12.2. The van der Waals surface area contributed by atoms with Gasteiger partial charge in [0.15, 0.2) is 17.1 Å². The molecule has 0 fully saturated rings. The topological polar surface area (TPSA) is 208 Å². The molecule has 0 aliphatic carbocycles. The number of rotatable bonds is 7. The number of amides is 2. The fourth-order valence-electron chi connectivity index (χ4n) is 6.33. The molecule has 0 radical (unpaired) electrons. The van der Waals surface area contributed by atoms with Crippen LogP contribution in [0.5, 0.6) is 23.0 Å². The summed E-state index contributed by atoms with van der Waals surface area (Å²) in [7, 11) is 0. The Balaban J connectivity index is 0.000000152. The van der Waals surface area contributed by atoms with E-state index in [0.717, 1.165) is 11.6 Å². The van der Waals surface area contributed by atoms with Gasteiger partial charge in [0.25, 0.3) is 5.91 Å². The number of anilines is 2. The normalized spacial score (nSPS) is 11.1. The number of fused-ring (bicyclic) bond motifs is 2. The Morgan fingerprint density at radius 1 is 0.721 bits per heavy atom. The minimum absolute atomic E-state index is 0.00775. The summed E-state index contributed by atoms with van der Waals surface area (Å²) in [6.45, 7) is 5.50. The Hall–Kier alpha value is -8.75. The number of carbonyl (C=O) groups excluding carboxylic acids is 2. The number of phenols is 4. The molecule has 9 aromatic rings. The van der Waals surface area contributed by atoms with Gasteiger partial charge in [-0.05, 0) is 103 Å². The largest absolute Gasteiger partial charge is 0.508 e. The van der Waals surface area contributed by atoms with Crippen LogP contribution >= 0.6 is 11.6 Å². The molecular formula is C53H42ClFN4O9. The number of nitrogens with one attached hydrogen (secondary N) is 2. The molecule has 68 heavy (non-hydrogen) atoms. The molecular weight excluding hydrogens is 891 g/mol. The molecule has 13 nitrogen and oxygen atoms in total. The molecule has 0 bridgehead atoms. The van der Waals surface area contributed by atoms with E-state index in [1.54, 1.807) is 84.9 Å². The molecule has 0 aliphatic heterocycles. The van der Waals surface area contributed by atoms with E-state index in [9.17, 15) is 39.2 Å². The summed E-state index contributed by atoms with van der Waals surface area (Å²) in [5.41, 5.74) is 4.91. The number of aromatic hydroxyl groups is 4. The number of hydrogen-bond donors (Lipinski definition) is 6. The first-order chi connectivity index (χ1) is 32.5. The molecule has 9 rings (SSSR count). The number of benzene rings is 7. The van der Waals surface area contributed by atoms with Gasteiger partial charge in [0.2, 0.25) is 17.2 Å². The minimum atomic E-state index is -0.677. The first kappa shape index (κ1) is 47.2. The molecule has 2 amide bonds. The average molecular weight is 933 g/mol. The van der Waals surface area contributed by atoms with Gasteiger partial charge in [0.05, 0.1) is 11.3 Å². The number of aliphatic imine (C=N–C) groups is 1. The number of nitrogens with zero attached hydrogens (tertiary/aromatic N) is 2. The van der Waals surface area contributed by atoms with Gasteiger partial charge in [-0.1, -0.05) is 74.8 Å². The van der Waals surface area contributed by atoms with Crippen molar-refractivity contribution in [2.24, 2.45) is 10.4 Å². The van der Waals surface area contributed by atoms with Gasteiger partial charge in [-0.15, -0.1) is 0 Å². The van der Waals surface area contributed by atoms with E-state index < -0.39 is 22.4 Å². The number of aromatic nitrogens is 1. The summed E-state index contributed by atoms with van der Waals surface area (Å²) in [6.07, 6.45) is 2.67. The highest BCUT2D eigenvalue weighted by atomic mass is 35.5. The molecule has 15 heteroatoms. The molecule has 0 atom stereocenters. The van der Waals surface area contributed by atoms with E-state index in [4.69, 9.17) is 20.4 Å². The van der Waals surface area contributed by atoms with Crippen molar-refractivity contribution in [3.63, 3.8) is 0 Å². The molecule has 2 heterocycles. The molecule has 0 unspecified atom stereocenters. The lowest BCUT2D eigenvalue weighted by Gasteiger charge is -2.18. The third-order valence-electron chi connectivity index (χ3n) is 9.95. The zero-order valence-corrected chi connectivity index (χ0v) is 37.3. The van der Waals surface area contributed by atoms with E-state index in [-0.39, 0.29) is 45.6 Å². The summed E-state index contributed by atoms with van der Waals surface area (Å²) in [4.78, 5) is 45.4. The van der Waals surface area contributed by atoms with E-state index in [1.807, 2.05) is 51.1 Å². The second-order valence-corrected chi connectivity index (χ2v) is 16.5. The molecule has 0 saturated carbocycles.